The van der Waals surface area contributed by atoms with Crippen LogP contribution in [0.5, 0.6) is 5.75 Å². The summed E-state index contributed by atoms with van der Waals surface area (Å²) in [6, 6.07) is 9.89. The Kier molecular flexibility index (Phi) is 5.87. The summed E-state index contributed by atoms with van der Waals surface area (Å²) in [5.41, 5.74) is 0. The fraction of sp³-hybridized carbons (Fsp3) is 0.562. The van der Waals surface area contributed by atoms with Gasteiger partial charge < -0.3 is 9.64 Å². The van der Waals surface area contributed by atoms with Crippen LogP contribution < -0.4 is 4.74 Å². The quantitative estimate of drug-likeness (QED) is 0.797. The monoisotopic (exact) mass is 276 g/mol. The second kappa shape index (κ2) is 7.90. The summed E-state index contributed by atoms with van der Waals surface area (Å²) in [5.74, 6) is 1.22. The second-order valence-electron chi connectivity index (χ2n) is 5.13. The van der Waals surface area contributed by atoms with E-state index in [4.69, 9.17) is 4.74 Å². The van der Waals surface area contributed by atoms with E-state index in [0.29, 0.717) is 18.9 Å². The van der Waals surface area contributed by atoms with Crippen molar-refractivity contribution < 1.29 is 9.53 Å². The minimum absolute atomic E-state index is 0.299. The highest BCUT2D eigenvalue weighted by atomic mass is 16.5. The standard InChI is InChI=1S/C16H24N2O2/c1-2-6-16(19)18-11-9-17(10-12-18)13-14-20-15-7-4-3-5-8-15/h3-5,7-8H,2,6,9-14H2,1H3. The van der Waals surface area contributed by atoms with Gasteiger partial charge in [0.25, 0.3) is 0 Å². The normalized spacial score (nSPS) is 16.1. The van der Waals surface area contributed by atoms with Gasteiger partial charge in [-0.25, -0.2) is 0 Å². The van der Waals surface area contributed by atoms with Crippen LogP contribution in [0.25, 0.3) is 0 Å². The van der Waals surface area contributed by atoms with Gasteiger partial charge in [0.15, 0.2) is 0 Å². The highest BCUT2D eigenvalue weighted by Crippen LogP contribution is 2.09. The lowest BCUT2D eigenvalue weighted by atomic mass is 10.2. The van der Waals surface area contributed by atoms with Crippen LogP contribution in [0.1, 0.15) is 19.8 Å². The average Bonchev–Trinajstić information content (AvgIpc) is 2.49. The van der Waals surface area contributed by atoms with Crippen molar-refractivity contribution in [3.8, 4) is 5.75 Å². The topological polar surface area (TPSA) is 32.8 Å². The number of para-hydroxylation sites is 1. The third-order valence-corrected chi connectivity index (χ3v) is 3.61. The van der Waals surface area contributed by atoms with Crippen LogP contribution in [-0.4, -0.2) is 55.0 Å². The molecule has 0 unspecified atom stereocenters. The molecule has 1 aromatic carbocycles. The van der Waals surface area contributed by atoms with Gasteiger partial charge in [-0.15, -0.1) is 0 Å². The second-order valence-corrected chi connectivity index (χ2v) is 5.13. The van der Waals surface area contributed by atoms with Gasteiger partial charge in [-0.3, -0.25) is 9.69 Å². The van der Waals surface area contributed by atoms with E-state index in [1.807, 2.05) is 35.2 Å². The molecule has 0 aliphatic carbocycles. The Hall–Kier alpha value is -1.55. The minimum atomic E-state index is 0.299. The fourth-order valence-electron chi connectivity index (χ4n) is 2.40. The number of amides is 1. The van der Waals surface area contributed by atoms with E-state index >= 15 is 0 Å². The van der Waals surface area contributed by atoms with Gasteiger partial charge in [-0.05, 0) is 18.6 Å². The number of benzene rings is 1. The molecule has 4 nitrogen and oxygen atoms in total. The van der Waals surface area contributed by atoms with Gasteiger partial charge in [-0.2, -0.15) is 0 Å². The lowest BCUT2D eigenvalue weighted by Crippen LogP contribution is -2.49. The summed E-state index contributed by atoms with van der Waals surface area (Å²) < 4.78 is 5.70. The van der Waals surface area contributed by atoms with E-state index in [1.165, 1.54) is 0 Å². The van der Waals surface area contributed by atoms with E-state index in [2.05, 4.69) is 11.8 Å². The van der Waals surface area contributed by atoms with E-state index in [9.17, 15) is 4.79 Å². The van der Waals surface area contributed by atoms with E-state index < -0.39 is 0 Å². The molecule has 1 fully saturated rings. The van der Waals surface area contributed by atoms with Crippen molar-refractivity contribution in [2.45, 2.75) is 19.8 Å². The van der Waals surface area contributed by atoms with Crippen molar-refractivity contribution in [1.29, 1.82) is 0 Å². The Bertz CT molecular complexity index is 400. The lowest BCUT2D eigenvalue weighted by molar-refractivity contribution is -0.133. The summed E-state index contributed by atoms with van der Waals surface area (Å²) in [6.45, 7) is 7.28. The number of ether oxygens (including phenoxy) is 1. The molecule has 0 bridgehead atoms. The zero-order chi connectivity index (χ0) is 14.2. The number of hydrogen-bond donors (Lipinski definition) is 0. The summed E-state index contributed by atoms with van der Waals surface area (Å²) in [4.78, 5) is 16.1. The first-order chi connectivity index (χ1) is 9.79. The first-order valence-electron chi connectivity index (χ1n) is 7.47. The minimum Gasteiger partial charge on any atom is -0.492 e. The highest BCUT2D eigenvalue weighted by molar-refractivity contribution is 5.76. The van der Waals surface area contributed by atoms with Crippen LogP contribution >= 0.6 is 0 Å². The predicted octanol–water partition coefficient (Wildman–Crippen LogP) is 2.01. The molecule has 2 rings (SSSR count). The molecule has 1 saturated heterocycles. The number of nitrogens with zero attached hydrogens (tertiary/aromatic N) is 2. The molecule has 1 aliphatic rings. The lowest BCUT2D eigenvalue weighted by Gasteiger charge is -2.34. The van der Waals surface area contributed by atoms with Crippen molar-refractivity contribution in [2.75, 3.05) is 39.3 Å². The van der Waals surface area contributed by atoms with Crippen molar-refractivity contribution >= 4 is 5.91 Å². The van der Waals surface area contributed by atoms with Crippen molar-refractivity contribution in [3.05, 3.63) is 30.3 Å². The van der Waals surface area contributed by atoms with Gasteiger partial charge in [-0.1, -0.05) is 25.1 Å². The summed E-state index contributed by atoms with van der Waals surface area (Å²) >= 11 is 0. The van der Waals surface area contributed by atoms with E-state index in [-0.39, 0.29) is 0 Å². The van der Waals surface area contributed by atoms with Crippen LogP contribution in [0.4, 0.5) is 0 Å². The number of rotatable bonds is 6. The highest BCUT2D eigenvalue weighted by Gasteiger charge is 2.19. The molecule has 0 N–H and O–H groups in total. The maximum absolute atomic E-state index is 11.8. The number of carbonyl (C=O) groups excluding carboxylic acids is 1. The molecule has 0 saturated carbocycles. The van der Waals surface area contributed by atoms with Gasteiger partial charge in [0.2, 0.25) is 5.91 Å². The predicted molar refractivity (Wildman–Crippen MR) is 79.9 cm³/mol. The average molecular weight is 276 g/mol. The Morgan fingerprint density at radius 1 is 1.15 bits per heavy atom. The molecular formula is C16H24N2O2. The molecule has 0 aromatic heterocycles. The molecule has 1 aliphatic heterocycles. The SMILES string of the molecule is CCCC(=O)N1CCN(CCOc2ccccc2)CC1. The van der Waals surface area contributed by atoms with Crippen LogP contribution in [-0.2, 0) is 4.79 Å². The molecule has 4 heteroatoms. The molecule has 0 spiro atoms. The third kappa shape index (κ3) is 4.53. The Morgan fingerprint density at radius 2 is 1.85 bits per heavy atom. The summed E-state index contributed by atoms with van der Waals surface area (Å²) in [6.07, 6.45) is 1.61. The molecule has 0 radical (unpaired) electrons. The van der Waals surface area contributed by atoms with Crippen LogP contribution in [0, 0.1) is 0 Å². The largest absolute Gasteiger partial charge is 0.492 e. The maximum Gasteiger partial charge on any atom is 0.222 e. The van der Waals surface area contributed by atoms with Crippen LogP contribution in [0.2, 0.25) is 0 Å². The Balaban J connectivity index is 1.63. The van der Waals surface area contributed by atoms with Crippen LogP contribution in [0.3, 0.4) is 0 Å². The zero-order valence-electron chi connectivity index (χ0n) is 12.3. The van der Waals surface area contributed by atoms with Crippen molar-refractivity contribution in [3.63, 3.8) is 0 Å². The van der Waals surface area contributed by atoms with E-state index in [1.54, 1.807) is 0 Å². The first kappa shape index (κ1) is 14.9. The van der Waals surface area contributed by atoms with Crippen molar-refractivity contribution in [2.24, 2.45) is 0 Å². The van der Waals surface area contributed by atoms with E-state index in [0.717, 1.165) is 44.9 Å². The Labute approximate surface area is 121 Å². The van der Waals surface area contributed by atoms with Gasteiger partial charge in [0.1, 0.15) is 12.4 Å². The molecular weight excluding hydrogens is 252 g/mol. The molecule has 110 valence electrons. The number of carbonyl (C=O) groups is 1. The first-order valence-corrected chi connectivity index (χ1v) is 7.47. The molecule has 1 heterocycles. The van der Waals surface area contributed by atoms with Gasteiger partial charge in [0.05, 0.1) is 0 Å². The fourth-order valence-corrected chi connectivity index (χ4v) is 2.40. The number of piperazine rings is 1. The maximum atomic E-state index is 11.8. The Morgan fingerprint density at radius 3 is 2.50 bits per heavy atom. The molecule has 0 atom stereocenters. The zero-order valence-corrected chi connectivity index (χ0v) is 12.3. The van der Waals surface area contributed by atoms with Crippen molar-refractivity contribution in [1.82, 2.24) is 9.80 Å². The van der Waals surface area contributed by atoms with Gasteiger partial charge in [0, 0.05) is 39.1 Å². The van der Waals surface area contributed by atoms with Gasteiger partial charge >= 0.3 is 0 Å². The molecule has 20 heavy (non-hydrogen) atoms. The third-order valence-electron chi connectivity index (χ3n) is 3.61. The summed E-state index contributed by atoms with van der Waals surface area (Å²) in [7, 11) is 0. The molecule has 1 amide bonds. The number of hydrogen-bond acceptors (Lipinski definition) is 3. The van der Waals surface area contributed by atoms with Crippen LogP contribution in [0.15, 0.2) is 30.3 Å². The molecule has 1 aromatic rings. The smallest absolute Gasteiger partial charge is 0.222 e. The summed E-state index contributed by atoms with van der Waals surface area (Å²) in [5, 5.41) is 0.